The van der Waals surface area contributed by atoms with Crippen LogP contribution < -0.4 is 10.6 Å². The van der Waals surface area contributed by atoms with E-state index in [-0.39, 0.29) is 24.0 Å². The first-order chi connectivity index (χ1) is 14.3. The molecule has 3 aromatic rings. The number of para-hydroxylation sites is 1. The number of hydrogen-bond acceptors (Lipinski definition) is 3. The molecule has 0 spiro atoms. The van der Waals surface area contributed by atoms with Crippen LogP contribution in [0.4, 0.5) is 0 Å². The molecule has 4 rings (SSSR count). The Labute approximate surface area is 195 Å². The summed E-state index contributed by atoms with van der Waals surface area (Å²) < 4.78 is 5.46. The van der Waals surface area contributed by atoms with Gasteiger partial charge in [0.05, 0.1) is 19.8 Å². The number of guanidine groups is 1. The molecule has 0 radical (unpaired) electrons. The summed E-state index contributed by atoms with van der Waals surface area (Å²) in [5, 5.41) is 8.07. The van der Waals surface area contributed by atoms with Gasteiger partial charge in [0.15, 0.2) is 5.96 Å². The zero-order chi connectivity index (χ0) is 19.9. The highest BCUT2D eigenvalue weighted by Gasteiger charge is 2.13. The molecule has 0 bridgehead atoms. The summed E-state index contributed by atoms with van der Waals surface area (Å²) >= 11 is 0. The second-order valence-corrected chi connectivity index (χ2v) is 7.32. The monoisotopic (exact) mass is 519 g/mol. The van der Waals surface area contributed by atoms with Crippen LogP contribution in [0.5, 0.6) is 0 Å². The van der Waals surface area contributed by atoms with Crippen LogP contribution in [0.3, 0.4) is 0 Å². The number of H-pyrrole nitrogens is 1. The van der Waals surface area contributed by atoms with Crippen molar-refractivity contribution in [2.45, 2.75) is 19.6 Å². The Morgan fingerprint density at radius 2 is 1.70 bits per heavy atom. The molecule has 0 aliphatic carbocycles. The Morgan fingerprint density at radius 3 is 2.47 bits per heavy atom. The van der Waals surface area contributed by atoms with Crippen LogP contribution in [-0.4, -0.2) is 49.2 Å². The number of benzene rings is 2. The Hall–Kier alpha value is -2.10. The van der Waals surface area contributed by atoms with E-state index in [2.05, 4.69) is 74.0 Å². The van der Waals surface area contributed by atoms with Crippen molar-refractivity contribution in [3.05, 3.63) is 71.4 Å². The molecule has 3 N–H and O–H groups in total. The largest absolute Gasteiger partial charge is 0.379 e. The SMILES string of the molecule is CN=C(NCc1cc2ccccc2[nH]1)NCc1ccccc1CN1CCOCC1.I. The van der Waals surface area contributed by atoms with Gasteiger partial charge in [0, 0.05) is 44.4 Å². The Balaban J connectivity index is 0.00000256. The van der Waals surface area contributed by atoms with E-state index in [1.807, 2.05) is 6.07 Å². The van der Waals surface area contributed by atoms with E-state index >= 15 is 0 Å². The summed E-state index contributed by atoms with van der Waals surface area (Å²) in [6.45, 7) is 6.04. The predicted octanol–water partition coefficient (Wildman–Crippen LogP) is 3.48. The number of halogens is 1. The highest BCUT2D eigenvalue weighted by Crippen LogP contribution is 2.15. The molecular weight excluding hydrogens is 489 g/mol. The number of fused-ring (bicyclic) bond motifs is 1. The maximum Gasteiger partial charge on any atom is 0.191 e. The second kappa shape index (κ2) is 11.3. The van der Waals surface area contributed by atoms with Gasteiger partial charge in [-0.3, -0.25) is 9.89 Å². The van der Waals surface area contributed by atoms with Crippen LogP contribution in [0.15, 0.2) is 59.6 Å². The molecule has 1 fully saturated rings. The fourth-order valence-electron chi connectivity index (χ4n) is 3.69. The van der Waals surface area contributed by atoms with Crippen LogP contribution in [0.1, 0.15) is 16.8 Å². The summed E-state index contributed by atoms with van der Waals surface area (Å²) in [7, 11) is 1.81. The quantitative estimate of drug-likeness (QED) is 0.265. The molecule has 7 heteroatoms. The van der Waals surface area contributed by atoms with E-state index in [0.717, 1.165) is 56.6 Å². The van der Waals surface area contributed by atoms with Crippen molar-refractivity contribution in [1.29, 1.82) is 0 Å². The molecule has 2 aromatic carbocycles. The number of aromatic amines is 1. The fraction of sp³-hybridized carbons (Fsp3) is 0.348. The molecule has 0 unspecified atom stereocenters. The highest BCUT2D eigenvalue weighted by atomic mass is 127. The summed E-state index contributed by atoms with van der Waals surface area (Å²) in [6, 6.07) is 19.1. The molecule has 1 saturated heterocycles. The van der Waals surface area contributed by atoms with Crippen molar-refractivity contribution in [3.8, 4) is 0 Å². The minimum absolute atomic E-state index is 0. The third-order valence-corrected chi connectivity index (χ3v) is 5.32. The van der Waals surface area contributed by atoms with Crippen LogP contribution in [-0.2, 0) is 24.4 Å². The number of hydrogen-bond donors (Lipinski definition) is 3. The van der Waals surface area contributed by atoms with Crippen LogP contribution in [0.2, 0.25) is 0 Å². The lowest BCUT2D eigenvalue weighted by molar-refractivity contribution is 0.0341. The number of rotatable bonds is 6. The molecule has 30 heavy (non-hydrogen) atoms. The predicted molar refractivity (Wildman–Crippen MR) is 133 cm³/mol. The van der Waals surface area contributed by atoms with Gasteiger partial charge in [-0.2, -0.15) is 0 Å². The molecule has 6 nitrogen and oxygen atoms in total. The number of aliphatic imine (C=N–C) groups is 1. The molecule has 1 aliphatic rings. The Morgan fingerprint density at radius 1 is 1.00 bits per heavy atom. The average Bonchev–Trinajstić information content (AvgIpc) is 3.18. The third-order valence-electron chi connectivity index (χ3n) is 5.32. The zero-order valence-corrected chi connectivity index (χ0v) is 19.7. The molecule has 160 valence electrons. The zero-order valence-electron chi connectivity index (χ0n) is 17.4. The number of aromatic nitrogens is 1. The standard InChI is InChI=1S/C23H29N5O.HI/c1-24-23(26-16-21-14-18-6-4-5-9-22(18)27-21)25-15-19-7-2-3-8-20(19)17-28-10-12-29-13-11-28;/h2-9,14,27H,10-13,15-17H2,1H3,(H2,24,25,26);1H. The van der Waals surface area contributed by atoms with Crippen LogP contribution in [0, 0.1) is 0 Å². The lowest BCUT2D eigenvalue weighted by Crippen LogP contribution is -2.37. The topological polar surface area (TPSA) is 64.7 Å². The second-order valence-electron chi connectivity index (χ2n) is 7.32. The first kappa shape index (κ1) is 22.6. The summed E-state index contributed by atoms with van der Waals surface area (Å²) in [5.74, 6) is 0.796. The highest BCUT2D eigenvalue weighted by molar-refractivity contribution is 14.0. The van der Waals surface area contributed by atoms with Gasteiger partial charge >= 0.3 is 0 Å². The Bertz CT molecular complexity index is 932. The smallest absolute Gasteiger partial charge is 0.191 e. The summed E-state index contributed by atoms with van der Waals surface area (Å²) in [4.78, 5) is 10.3. The number of nitrogens with one attached hydrogen (secondary N) is 3. The van der Waals surface area contributed by atoms with Gasteiger partial charge < -0.3 is 20.4 Å². The van der Waals surface area contributed by atoms with Crippen molar-refractivity contribution in [1.82, 2.24) is 20.5 Å². The van der Waals surface area contributed by atoms with Crippen molar-refractivity contribution < 1.29 is 4.74 Å². The lowest BCUT2D eigenvalue weighted by atomic mass is 10.1. The van der Waals surface area contributed by atoms with Crippen molar-refractivity contribution in [2.24, 2.45) is 4.99 Å². The molecule has 0 saturated carbocycles. The van der Waals surface area contributed by atoms with Gasteiger partial charge in [-0.25, -0.2) is 0 Å². The summed E-state index contributed by atoms with van der Waals surface area (Å²) in [5.41, 5.74) is 4.95. The number of nitrogens with zero attached hydrogens (tertiary/aromatic N) is 2. The number of ether oxygens (including phenoxy) is 1. The first-order valence-corrected chi connectivity index (χ1v) is 10.2. The van der Waals surface area contributed by atoms with Gasteiger partial charge in [-0.15, -0.1) is 24.0 Å². The van der Waals surface area contributed by atoms with Gasteiger partial charge in [-0.05, 0) is 28.6 Å². The van der Waals surface area contributed by atoms with Crippen molar-refractivity contribution in [3.63, 3.8) is 0 Å². The first-order valence-electron chi connectivity index (χ1n) is 10.2. The summed E-state index contributed by atoms with van der Waals surface area (Å²) in [6.07, 6.45) is 0. The molecule has 0 atom stereocenters. The van der Waals surface area contributed by atoms with E-state index in [4.69, 9.17) is 4.74 Å². The average molecular weight is 519 g/mol. The fourth-order valence-corrected chi connectivity index (χ4v) is 3.69. The Kier molecular flexibility index (Phi) is 8.53. The maximum atomic E-state index is 5.46. The van der Waals surface area contributed by atoms with Crippen LogP contribution >= 0.6 is 24.0 Å². The van der Waals surface area contributed by atoms with Gasteiger partial charge in [0.2, 0.25) is 0 Å². The van der Waals surface area contributed by atoms with Gasteiger partial charge in [-0.1, -0.05) is 42.5 Å². The maximum absolute atomic E-state index is 5.46. The number of morpholine rings is 1. The minimum Gasteiger partial charge on any atom is -0.379 e. The molecule has 1 aliphatic heterocycles. The van der Waals surface area contributed by atoms with E-state index in [9.17, 15) is 0 Å². The van der Waals surface area contributed by atoms with Crippen molar-refractivity contribution in [2.75, 3.05) is 33.4 Å². The van der Waals surface area contributed by atoms with E-state index in [0.29, 0.717) is 6.54 Å². The van der Waals surface area contributed by atoms with Crippen LogP contribution in [0.25, 0.3) is 10.9 Å². The minimum atomic E-state index is 0. The van der Waals surface area contributed by atoms with Gasteiger partial charge in [0.1, 0.15) is 0 Å². The molecule has 1 aromatic heterocycles. The van der Waals surface area contributed by atoms with E-state index < -0.39 is 0 Å². The molecule has 2 heterocycles. The molecule has 0 amide bonds. The van der Waals surface area contributed by atoms with Crippen molar-refractivity contribution >= 4 is 40.8 Å². The van der Waals surface area contributed by atoms with Gasteiger partial charge in [0.25, 0.3) is 0 Å². The normalized spacial score (nSPS) is 15.0. The lowest BCUT2D eigenvalue weighted by Gasteiger charge is -2.27. The third kappa shape index (κ3) is 5.96. The molecular formula is C23H30IN5O. The van der Waals surface area contributed by atoms with E-state index in [1.54, 1.807) is 7.05 Å². The van der Waals surface area contributed by atoms with E-state index in [1.165, 1.54) is 16.5 Å².